The maximum Gasteiger partial charge on any atom is 0.408 e. The number of carbonyl (C=O) groups is 1. The van der Waals surface area contributed by atoms with E-state index in [4.69, 9.17) is 16.3 Å². The summed E-state index contributed by atoms with van der Waals surface area (Å²) in [5.74, 6) is 6.20. The third-order valence-electron chi connectivity index (χ3n) is 2.86. The smallest absolute Gasteiger partial charge is 0.408 e. The lowest BCUT2D eigenvalue weighted by molar-refractivity contribution is 0.0511. The summed E-state index contributed by atoms with van der Waals surface area (Å²) in [5.41, 5.74) is -0.105. The van der Waals surface area contributed by atoms with E-state index in [2.05, 4.69) is 33.1 Å². The Balaban J connectivity index is 2.04. The van der Waals surface area contributed by atoms with Crippen LogP contribution in [0.15, 0.2) is 22.7 Å². The van der Waals surface area contributed by atoms with Crippen molar-refractivity contribution in [3.8, 4) is 11.8 Å². The number of hydrogen-bond acceptors (Lipinski definition) is 2. The zero-order valence-electron chi connectivity index (χ0n) is 12.2. The van der Waals surface area contributed by atoms with Crippen molar-refractivity contribution in [2.75, 3.05) is 0 Å². The van der Waals surface area contributed by atoms with Gasteiger partial charge in [-0.15, -0.1) is 0 Å². The number of halogens is 2. The Morgan fingerprint density at radius 1 is 1.43 bits per heavy atom. The van der Waals surface area contributed by atoms with Crippen LogP contribution in [0.4, 0.5) is 4.79 Å². The molecule has 1 aliphatic carbocycles. The first-order chi connectivity index (χ1) is 9.69. The fourth-order valence-corrected chi connectivity index (χ4v) is 2.17. The molecule has 0 spiro atoms. The first-order valence-corrected chi connectivity index (χ1v) is 7.86. The van der Waals surface area contributed by atoms with E-state index >= 15 is 0 Å². The van der Waals surface area contributed by atoms with Gasteiger partial charge in [-0.1, -0.05) is 23.4 Å². The molecule has 1 aliphatic rings. The zero-order valence-corrected chi connectivity index (χ0v) is 14.6. The predicted molar refractivity (Wildman–Crippen MR) is 87.4 cm³/mol. The van der Waals surface area contributed by atoms with Crippen LogP contribution in [-0.4, -0.2) is 17.2 Å². The molecule has 3 nitrogen and oxygen atoms in total. The summed E-state index contributed by atoms with van der Waals surface area (Å²) >= 11 is 9.31. The molecule has 0 bridgehead atoms. The molecule has 5 heteroatoms. The SMILES string of the molecule is CC(C)(C)OC(=O)NC1(C#Cc2ccc(Cl)c(Br)c2)CC1. The molecule has 1 amide bonds. The van der Waals surface area contributed by atoms with Gasteiger partial charge in [-0.2, -0.15) is 0 Å². The Labute approximate surface area is 138 Å². The average molecular weight is 371 g/mol. The van der Waals surface area contributed by atoms with E-state index in [-0.39, 0.29) is 0 Å². The van der Waals surface area contributed by atoms with Gasteiger partial charge in [0, 0.05) is 10.0 Å². The quantitative estimate of drug-likeness (QED) is 0.739. The van der Waals surface area contributed by atoms with Crippen molar-refractivity contribution in [1.82, 2.24) is 5.32 Å². The number of alkyl carbamates (subject to hydrolysis) is 1. The lowest BCUT2D eigenvalue weighted by Crippen LogP contribution is -2.39. The Hall–Kier alpha value is -1.18. The minimum atomic E-state index is -0.505. The summed E-state index contributed by atoms with van der Waals surface area (Å²) in [6, 6.07) is 5.50. The highest BCUT2D eigenvalue weighted by Crippen LogP contribution is 2.35. The summed E-state index contributed by atoms with van der Waals surface area (Å²) in [7, 11) is 0. The summed E-state index contributed by atoms with van der Waals surface area (Å²) in [6.45, 7) is 5.51. The van der Waals surface area contributed by atoms with Crippen molar-refractivity contribution in [3.63, 3.8) is 0 Å². The van der Waals surface area contributed by atoms with Crippen LogP contribution in [0.5, 0.6) is 0 Å². The highest BCUT2D eigenvalue weighted by molar-refractivity contribution is 9.10. The third kappa shape index (κ3) is 4.94. The van der Waals surface area contributed by atoms with E-state index in [1.807, 2.05) is 32.9 Å². The van der Waals surface area contributed by atoms with E-state index in [0.29, 0.717) is 5.02 Å². The van der Waals surface area contributed by atoms with Crippen LogP contribution in [0.25, 0.3) is 0 Å². The minimum Gasteiger partial charge on any atom is -0.444 e. The van der Waals surface area contributed by atoms with Gasteiger partial charge in [0.25, 0.3) is 0 Å². The van der Waals surface area contributed by atoms with Gasteiger partial charge in [0.1, 0.15) is 11.1 Å². The lowest BCUT2D eigenvalue weighted by atomic mass is 10.2. The maximum atomic E-state index is 11.8. The van der Waals surface area contributed by atoms with Crippen molar-refractivity contribution in [3.05, 3.63) is 33.3 Å². The summed E-state index contributed by atoms with van der Waals surface area (Å²) in [4.78, 5) is 11.8. The number of amides is 1. The Morgan fingerprint density at radius 2 is 2.10 bits per heavy atom. The van der Waals surface area contributed by atoms with Crippen LogP contribution in [0.1, 0.15) is 39.2 Å². The van der Waals surface area contributed by atoms with Gasteiger partial charge in [-0.25, -0.2) is 4.79 Å². The van der Waals surface area contributed by atoms with Crippen LogP contribution in [0.2, 0.25) is 5.02 Å². The van der Waals surface area contributed by atoms with Gasteiger partial charge in [0.05, 0.1) is 5.02 Å². The zero-order chi connectivity index (χ0) is 15.7. The van der Waals surface area contributed by atoms with E-state index < -0.39 is 17.2 Å². The molecule has 112 valence electrons. The molecule has 0 heterocycles. The molecule has 21 heavy (non-hydrogen) atoms. The standard InChI is InChI=1S/C16H17BrClNO2/c1-15(2,3)21-14(20)19-16(8-9-16)7-6-11-4-5-13(18)12(17)10-11/h4-5,10H,8-9H2,1-3H3,(H,19,20). The van der Waals surface area contributed by atoms with Gasteiger partial charge in [-0.05, 0) is 67.7 Å². The number of benzene rings is 1. The second kappa shape index (κ2) is 5.90. The van der Waals surface area contributed by atoms with Crippen LogP contribution in [-0.2, 0) is 4.74 Å². The summed E-state index contributed by atoms with van der Waals surface area (Å²) < 4.78 is 6.06. The predicted octanol–water partition coefficient (Wildman–Crippen LogP) is 4.51. The summed E-state index contributed by atoms with van der Waals surface area (Å²) in [6.07, 6.45) is 1.26. The van der Waals surface area contributed by atoms with Gasteiger partial charge < -0.3 is 10.1 Å². The number of carbonyl (C=O) groups excluding carboxylic acids is 1. The largest absolute Gasteiger partial charge is 0.444 e. The molecule has 1 saturated carbocycles. The van der Waals surface area contributed by atoms with Crippen LogP contribution < -0.4 is 5.32 Å². The molecular formula is C16H17BrClNO2. The number of rotatable bonds is 1. The molecule has 2 rings (SSSR count). The first-order valence-electron chi connectivity index (χ1n) is 6.69. The second-order valence-electron chi connectivity index (χ2n) is 6.09. The maximum absolute atomic E-state index is 11.8. The van der Waals surface area contributed by atoms with Gasteiger partial charge in [0.15, 0.2) is 0 Å². The molecule has 1 aromatic rings. The lowest BCUT2D eigenvalue weighted by Gasteiger charge is -2.21. The molecule has 0 aliphatic heterocycles. The van der Waals surface area contributed by atoms with Crippen LogP contribution >= 0.6 is 27.5 Å². The highest BCUT2D eigenvalue weighted by Gasteiger charge is 2.43. The van der Waals surface area contributed by atoms with E-state index in [1.54, 1.807) is 6.07 Å². The Morgan fingerprint density at radius 3 is 2.62 bits per heavy atom. The molecule has 0 radical (unpaired) electrons. The van der Waals surface area contributed by atoms with E-state index in [0.717, 1.165) is 22.9 Å². The summed E-state index contributed by atoms with van der Waals surface area (Å²) in [5, 5.41) is 3.49. The molecular weight excluding hydrogens is 354 g/mol. The third-order valence-corrected chi connectivity index (χ3v) is 4.07. The number of hydrogen-bond donors (Lipinski definition) is 1. The van der Waals surface area contributed by atoms with Crippen LogP contribution in [0, 0.1) is 11.8 Å². The normalized spacial score (nSPS) is 15.7. The molecule has 1 fully saturated rings. The minimum absolute atomic E-state index is 0.424. The fraction of sp³-hybridized carbons (Fsp3) is 0.438. The van der Waals surface area contributed by atoms with Crippen molar-refractivity contribution >= 4 is 33.6 Å². The average Bonchev–Trinajstić information content (AvgIpc) is 3.08. The highest BCUT2D eigenvalue weighted by atomic mass is 79.9. The van der Waals surface area contributed by atoms with E-state index in [1.165, 1.54) is 0 Å². The van der Waals surface area contributed by atoms with Crippen molar-refractivity contribution in [1.29, 1.82) is 0 Å². The molecule has 0 unspecified atom stereocenters. The molecule has 0 saturated heterocycles. The monoisotopic (exact) mass is 369 g/mol. The molecule has 1 N–H and O–H groups in total. The number of ether oxygens (including phenoxy) is 1. The molecule has 1 aromatic carbocycles. The van der Waals surface area contributed by atoms with Crippen molar-refractivity contribution in [2.45, 2.75) is 44.8 Å². The fourth-order valence-electron chi connectivity index (χ4n) is 1.67. The topological polar surface area (TPSA) is 38.3 Å². The first kappa shape index (κ1) is 16.2. The Kier molecular flexibility index (Phi) is 4.55. The van der Waals surface area contributed by atoms with Crippen molar-refractivity contribution in [2.24, 2.45) is 0 Å². The van der Waals surface area contributed by atoms with Gasteiger partial charge >= 0.3 is 6.09 Å². The van der Waals surface area contributed by atoms with Crippen molar-refractivity contribution < 1.29 is 9.53 Å². The second-order valence-corrected chi connectivity index (χ2v) is 7.35. The van der Waals surface area contributed by atoms with Gasteiger partial charge in [-0.3, -0.25) is 0 Å². The molecule has 0 aromatic heterocycles. The Bertz CT molecular complexity index is 621. The number of nitrogens with one attached hydrogen (secondary N) is 1. The van der Waals surface area contributed by atoms with Crippen LogP contribution in [0.3, 0.4) is 0 Å². The molecule has 0 atom stereocenters. The van der Waals surface area contributed by atoms with E-state index in [9.17, 15) is 4.79 Å². The van der Waals surface area contributed by atoms with Gasteiger partial charge in [0.2, 0.25) is 0 Å².